The Kier molecular flexibility index (Phi) is 5.74. The molecule has 1 aliphatic rings. The van der Waals surface area contributed by atoms with Crippen molar-refractivity contribution in [3.8, 4) is 0 Å². The van der Waals surface area contributed by atoms with Crippen molar-refractivity contribution >= 4 is 34.5 Å². The topological polar surface area (TPSA) is 69.2 Å². The van der Waals surface area contributed by atoms with Crippen LogP contribution in [0.15, 0.2) is 54.7 Å². The summed E-state index contributed by atoms with van der Waals surface area (Å²) in [5.74, 6) is 1.11. The zero-order valence-corrected chi connectivity index (χ0v) is 17.0. The van der Waals surface area contributed by atoms with Gasteiger partial charge >= 0.3 is 0 Å². The number of aromatic nitrogens is 3. The summed E-state index contributed by atoms with van der Waals surface area (Å²) in [6.07, 6.45) is 5.50. The maximum Gasteiger partial charge on any atom is 0.249 e. The number of rotatable bonds is 6. The van der Waals surface area contributed by atoms with Gasteiger partial charge in [-0.2, -0.15) is 10.1 Å². The highest BCUT2D eigenvalue weighted by molar-refractivity contribution is 5.62. The summed E-state index contributed by atoms with van der Waals surface area (Å²) in [5, 5.41) is 14.7. The number of piperidine rings is 1. The van der Waals surface area contributed by atoms with Crippen LogP contribution in [0.1, 0.15) is 19.3 Å². The third-order valence-corrected chi connectivity index (χ3v) is 5.06. The molecule has 0 saturated carbocycles. The first-order chi connectivity index (χ1) is 14.2. The van der Waals surface area contributed by atoms with Gasteiger partial charge < -0.3 is 20.4 Å². The maximum atomic E-state index is 4.52. The first kappa shape index (κ1) is 19.0. The zero-order valence-electron chi connectivity index (χ0n) is 17.0. The third-order valence-electron chi connectivity index (χ3n) is 5.06. The quantitative estimate of drug-likeness (QED) is 0.647. The SMILES string of the molecule is CN(C)c1ccc(Nc2cnnc(Nc3ccc(N4CCCCC4)cc3)n2)cc1. The van der Waals surface area contributed by atoms with Crippen molar-refractivity contribution in [1.82, 2.24) is 15.2 Å². The highest BCUT2D eigenvalue weighted by atomic mass is 15.3. The lowest BCUT2D eigenvalue weighted by Crippen LogP contribution is -2.29. The van der Waals surface area contributed by atoms with Gasteiger partial charge in [-0.15, -0.1) is 5.10 Å². The fourth-order valence-electron chi connectivity index (χ4n) is 3.44. The molecule has 150 valence electrons. The van der Waals surface area contributed by atoms with Crippen LogP contribution in [-0.2, 0) is 0 Å². The molecule has 0 atom stereocenters. The predicted octanol–water partition coefficient (Wildman–Crippen LogP) is 4.42. The van der Waals surface area contributed by atoms with Crippen molar-refractivity contribution in [3.63, 3.8) is 0 Å². The average Bonchev–Trinajstić information content (AvgIpc) is 2.76. The van der Waals surface area contributed by atoms with Crippen molar-refractivity contribution in [2.75, 3.05) is 47.6 Å². The van der Waals surface area contributed by atoms with Crippen LogP contribution in [0, 0.1) is 0 Å². The van der Waals surface area contributed by atoms with Gasteiger partial charge in [0.25, 0.3) is 0 Å². The molecule has 1 fully saturated rings. The minimum Gasteiger partial charge on any atom is -0.378 e. The summed E-state index contributed by atoms with van der Waals surface area (Å²) in [6, 6.07) is 16.6. The summed E-state index contributed by atoms with van der Waals surface area (Å²) in [7, 11) is 4.04. The Morgan fingerprint density at radius 3 is 2.17 bits per heavy atom. The Morgan fingerprint density at radius 1 is 0.828 bits per heavy atom. The van der Waals surface area contributed by atoms with E-state index in [2.05, 4.69) is 72.0 Å². The van der Waals surface area contributed by atoms with Crippen LogP contribution in [0.5, 0.6) is 0 Å². The smallest absolute Gasteiger partial charge is 0.249 e. The number of benzene rings is 2. The molecule has 29 heavy (non-hydrogen) atoms. The standard InChI is InChI=1S/C22H27N7/c1-28(2)19-10-6-17(7-11-19)24-21-16-23-27-22(26-21)25-18-8-12-20(13-9-18)29-14-4-3-5-15-29/h6-13,16H,3-5,14-15H2,1-2H3,(H2,24,25,26,27). The van der Waals surface area contributed by atoms with Crippen LogP contribution in [0.25, 0.3) is 0 Å². The second kappa shape index (κ2) is 8.77. The van der Waals surface area contributed by atoms with Gasteiger partial charge in [-0.05, 0) is 67.8 Å². The fraction of sp³-hybridized carbons (Fsp3) is 0.318. The number of anilines is 6. The molecule has 0 aliphatic carbocycles. The van der Waals surface area contributed by atoms with Crippen LogP contribution in [-0.4, -0.2) is 42.4 Å². The van der Waals surface area contributed by atoms with Crippen LogP contribution in [0.3, 0.4) is 0 Å². The second-order valence-corrected chi connectivity index (χ2v) is 7.45. The molecular weight excluding hydrogens is 362 g/mol. The molecule has 1 aliphatic heterocycles. The molecule has 1 saturated heterocycles. The lowest BCUT2D eigenvalue weighted by molar-refractivity contribution is 0.578. The molecule has 0 bridgehead atoms. The highest BCUT2D eigenvalue weighted by Gasteiger charge is 2.10. The van der Waals surface area contributed by atoms with Gasteiger partial charge in [0.05, 0.1) is 6.20 Å². The Balaban J connectivity index is 1.40. The molecule has 4 rings (SSSR count). The molecule has 2 aromatic carbocycles. The molecule has 2 N–H and O–H groups in total. The van der Waals surface area contributed by atoms with Crippen LogP contribution < -0.4 is 20.4 Å². The van der Waals surface area contributed by atoms with Crippen LogP contribution in [0.2, 0.25) is 0 Å². The fourth-order valence-corrected chi connectivity index (χ4v) is 3.44. The van der Waals surface area contributed by atoms with Gasteiger partial charge in [-0.25, -0.2) is 0 Å². The molecule has 0 spiro atoms. The van der Waals surface area contributed by atoms with E-state index < -0.39 is 0 Å². The minimum atomic E-state index is 0.464. The number of hydrogen-bond donors (Lipinski definition) is 2. The van der Waals surface area contributed by atoms with E-state index >= 15 is 0 Å². The van der Waals surface area contributed by atoms with E-state index in [-0.39, 0.29) is 0 Å². The largest absolute Gasteiger partial charge is 0.378 e. The monoisotopic (exact) mass is 389 g/mol. The molecular formula is C22H27N7. The van der Waals surface area contributed by atoms with E-state index in [9.17, 15) is 0 Å². The number of nitrogens with one attached hydrogen (secondary N) is 2. The van der Waals surface area contributed by atoms with E-state index in [0.717, 1.165) is 30.2 Å². The molecule has 0 radical (unpaired) electrons. The average molecular weight is 390 g/mol. The van der Waals surface area contributed by atoms with E-state index in [4.69, 9.17) is 0 Å². The summed E-state index contributed by atoms with van der Waals surface area (Å²) in [6.45, 7) is 2.28. The van der Waals surface area contributed by atoms with Crippen LogP contribution in [0.4, 0.5) is 34.5 Å². The van der Waals surface area contributed by atoms with Crippen molar-refractivity contribution in [1.29, 1.82) is 0 Å². The highest BCUT2D eigenvalue weighted by Crippen LogP contribution is 2.23. The Morgan fingerprint density at radius 2 is 1.48 bits per heavy atom. The summed E-state index contributed by atoms with van der Waals surface area (Å²) >= 11 is 0. The van der Waals surface area contributed by atoms with E-state index in [1.807, 2.05) is 26.2 Å². The first-order valence-electron chi connectivity index (χ1n) is 10.0. The molecule has 3 aromatic rings. The Hall–Kier alpha value is -3.35. The normalized spacial score (nSPS) is 13.8. The Bertz CT molecular complexity index is 917. The number of hydrogen-bond acceptors (Lipinski definition) is 7. The van der Waals surface area contributed by atoms with Crippen molar-refractivity contribution in [3.05, 3.63) is 54.7 Å². The second-order valence-electron chi connectivity index (χ2n) is 7.45. The minimum absolute atomic E-state index is 0.464. The molecule has 0 unspecified atom stereocenters. The summed E-state index contributed by atoms with van der Waals surface area (Å²) in [5.41, 5.74) is 4.31. The van der Waals surface area contributed by atoms with E-state index in [1.54, 1.807) is 6.20 Å². The Labute approximate surface area is 171 Å². The van der Waals surface area contributed by atoms with Crippen molar-refractivity contribution in [2.24, 2.45) is 0 Å². The van der Waals surface area contributed by atoms with Gasteiger partial charge in [-0.3, -0.25) is 0 Å². The van der Waals surface area contributed by atoms with Gasteiger partial charge in [0.1, 0.15) is 0 Å². The summed E-state index contributed by atoms with van der Waals surface area (Å²) < 4.78 is 0. The van der Waals surface area contributed by atoms with Gasteiger partial charge in [0.2, 0.25) is 5.95 Å². The van der Waals surface area contributed by atoms with Gasteiger partial charge in [-0.1, -0.05) is 0 Å². The van der Waals surface area contributed by atoms with Gasteiger partial charge in [0.15, 0.2) is 5.82 Å². The molecule has 7 nitrogen and oxygen atoms in total. The van der Waals surface area contributed by atoms with Gasteiger partial charge in [0, 0.05) is 49.9 Å². The maximum absolute atomic E-state index is 4.52. The molecule has 2 heterocycles. The summed E-state index contributed by atoms with van der Waals surface area (Å²) in [4.78, 5) is 9.02. The lowest BCUT2D eigenvalue weighted by atomic mass is 10.1. The van der Waals surface area contributed by atoms with E-state index in [1.165, 1.54) is 24.9 Å². The van der Waals surface area contributed by atoms with E-state index in [0.29, 0.717) is 11.8 Å². The zero-order chi connectivity index (χ0) is 20.1. The first-order valence-corrected chi connectivity index (χ1v) is 10.0. The van der Waals surface area contributed by atoms with Crippen molar-refractivity contribution < 1.29 is 0 Å². The molecule has 7 heteroatoms. The molecule has 0 amide bonds. The predicted molar refractivity (Wildman–Crippen MR) is 120 cm³/mol. The lowest BCUT2D eigenvalue weighted by Gasteiger charge is -2.28. The molecule has 1 aromatic heterocycles. The van der Waals surface area contributed by atoms with Crippen molar-refractivity contribution in [2.45, 2.75) is 19.3 Å². The van der Waals surface area contributed by atoms with Crippen LogP contribution >= 0.6 is 0 Å². The number of nitrogens with zero attached hydrogens (tertiary/aromatic N) is 5. The third kappa shape index (κ3) is 4.93.